The van der Waals surface area contributed by atoms with Crippen LogP contribution in [0.4, 0.5) is 10.5 Å². The first-order valence-corrected chi connectivity index (χ1v) is 7.65. The van der Waals surface area contributed by atoms with Gasteiger partial charge in [-0.3, -0.25) is 0 Å². The summed E-state index contributed by atoms with van der Waals surface area (Å²) in [7, 11) is 1.53. The molecule has 0 unspecified atom stereocenters. The highest BCUT2D eigenvalue weighted by molar-refractivity contribution is 5.91. The zero-order valence-corrected chi connectivity index (χ0v) is 14.2. The number of fused-ring (bicyclic) bond motifs is 1. The molecule has 0 saturated heterocycles. The second-order valence-electron chi connectivity index (χ2n) is 5.44. The molecule has 0 radical (unpaired) electrons. The third-order valence-corrected chi connectivity index (χ3v) is 3.52. The molecule has 9 nitrogen and oxygen atoms in total. The molecule has 2 amide bonds. The number of aromatic nitrogens is 4. The molecule has 0 bridgehead atoms. The third-order valence-electron chi connectivity index (χ3n) is 3.52. The van der Waals surface area contributed by atoms with Crippen LogP contribution in [0.3, 0.4) is 0 Å². The number of methoxy groups -OCH3 is 1. The van der Waals surface area contributed by atoms with E-state index in [0.717, 1.165) is 22.4 Å². The topological polar surface area (TPSA) is 115 Å². The SMILES string of the molecule is COCc1nc(CNC(=O)Nc2ccc3nc(C)c(C)nc3c2)no1. The van der Waals surface area contributed by atoms with Gasteiger partial charge < -0.3 is 19.9 Å². The van der Waals surface area contributed by atoms with Gasteiger partial charge in [0, 0.05) is 12.8 Å². The molecule has 2 N–H and O–H groups in total. The average Bonchev–Trinajstić information content (AvgIpc) is 3.02. The Balaban J connectivity index is 1.62. The van der Waals surface area contributed by atoms with Crippen molar-refractivity contribution in [3.63, 3.8) is 0 Å². The first-order chi connectivity index (χ1) is 12.0. The van der Waals surface area contributed by atoms with Crippen molar-refractivity contribution < 1.29 is 14.1 Å². The molecular formula is C16H18N6O3. The van der Waals surface area contributed by atoms with E-state index in [2.05, 4.69) is 30.7 Å². The van der Waals surface area contributed by atoms with E-state index < -0.39 is 0 Å². The van der Waals surface area contributed by atoms with Crippen molar-refractivity contribution in [2.75, 3.05) is 12.4 Å². The molecule has 2 heterocycles. The lowest BCUT2D eigenvalue weighted by molar-refractivity contribution is 0.151. The molecule has 0 fully saturated rings. The second-order valence-corrected chi connectivity index (χ2v) is 5.44. The third kappa shape index (κ3) is 4.07. The number of anilines is 1. The van der Waals surface area contributed by atoms with Crippen molar-refractivity contribution in [3.05, 3.63) is 41.3 Å². The van der Waals surface area contributed by atoms with Gasteiger partial charge in [-0.1, -0.05) is 5.16 Å². The summed E-state index contributed by atoms with van der Waals surface area (Å²) in [6.07, 6.45) is 0. The van der Waals surface area contributed by atoms with Crippen molar-refractivity contribution in [2.45, 2.75) is 27.0 Å². The van der Waals surface area contributed by atoms with Gasteiger partial charge in [-0.2, -0.15) is 4.98 Å². The van der Waals surface area contributed by atoms with Crippen molar-refractivity contribution in [1.82, 2.24) is 25.4 Å². The Bertz CT molecular complexity index is 908. The molecule has 0 aliphatic carbocycles. The Morgan fingerprint density at radius 3 is 2.68 bits per heavy atom. The zero-order chi connectivity index (χ0) is 17.8. The first-order valence-electron chi connectivity index (χ1n) is 7.65. The fourth-order valence-corrected chi connectivity index (χ4v) is 2.19. The summed E-state index contributed by atoms with van der Waals surface area (Å²) in [6.45, 7) is 4.19. The van der Waals surface area contributed by atoms with Gasteiger partial charge in [0.05, 0.1) is 29.0 Å². The zero-order valence-electron chi connectivity index (χ0n) is 14.2. The van der Waals surface area contributed by atoms with E-state index in [0.29, 0.717) is 17.4 Å². The van der Waals surface area contributed by atoms with Crippen molar-refractivity contribution >= 4 is 22.8 Å². The van der Waals surface area contributed by atoms with Crippen molar-refractivity contribution in [2.24, 2.45) is 0 Å². The Kier molecular flexibility index (Phi) is 4.85. The minimum Gasteiger partial charge on any atom is -0.375 e. The van der Waals surface area contributed by atoms with Crippen LogP contribution >= 0.6 is 0 Å². The number of urea groups is 1. The van der Waals surface area contributed by atoms with E-state index in [1.165, 1.54) is 7.11 Å². The van der Waals surface area contributed by atoms with Crippen molar-refractivity contribution in [1.29, 1.82) is 0 Å². The number of amides is 2. The maximum atomic E-state index is 12.0. The summed E-state index contributed by atoms with van der Waals surface area (Å²) in [6, 6.07) is 4.99. The molecule has 0 atom stereocenters. The van der Waals surface area contributed by atoms with Crippen LogP contribution in [0, 0.1) is 13.8 Å². The predicted molar refractivity (Wildman–Crippen MR) is 89.9 cm³/mol. The maximum absolute atomic E-state index is 12.0. The maximum Gasteiger partial charge on any atom is 0.319 e. The molecule has 0 aliphatic heterocycles. The van der Waals surface area contributed by atoms with Gasteiger partial charge in [-0.25, -0.2) is 14.8 Å². The molecule has 130 valence electrons. The van der Waals surface area contributed by atoms with E-state index in [4.69, 9.17) is 9.26 Å². The van der Waals surface area contributed by atoms with Gasteiger partial charge >= 0.3 is 6.03 Å². The van der Waals surface area contributed by atoms with Crippen LogP contribution in [0.15, 0.2) is 22.7 Å². The number of hydrogen-bond donors (Lipinski definition) is 2. The summed E-state index contributed by atoms with van der Waals surface area (Å²) in [5.74, 6) is 0.733. The molecule has 1 aromatic carbocycles. The molecule has 3 aromatic rings. The Labute approximate surface area is 143 Å². The second kappa shape index (κ2) is 7.22. The van der Waals surface area contributed by atoms with Crippen LogP contribution in [0.25, 0.3) is 11.0 Å². The molecule has 0 saturated carbocycles. The molecule has 3 rings (SSSR count). The molecule has 25 heavy (non-hydrogen) atoms. The fraction of sp³-hybridized carbons (Fsp3) is 0.312. The molecular weight excluding hydrogens is 324 g/mol. The fourth-order valence-electron chi connectivity index (χ4n) is 2.19. The number of carbonyl (C=O) groups is 1. The molecule has 0 spiro atoms. The predicted octanol–water partition coefficient (Wildman–Crippen LogP) is 2.10. The smallest absolute Gasteiger partial charge is 0.319 e. The number of carbonyl (C=O) groups excluding carboxylic acids is 1. The summed E-state index contributed by atoms with van der Waals surface area (Å²) in [4.78, 5) is 25.0. The normalized spacial score (nSPS) is 10.8. The largest absolute Gasteiger partial charge is 0.375 e. The highest BCUT2D eigenvalue weighted by atomic mass is 16.5. The van der Waals surface area contributed by atoms with Crippen LogP contribution in [-0.2, 0) is 17.9 Å². The quantitative estimate of drug-likeness (QED) is 0.729. The summed E-state index contributed by atoms with van der Waals surface area (Å²) in [5.41, 5.74) is 3.88. The Morgan fingerprint density at radius 1 is 1.16 bits per heavy atom. The van der Waals surface area contributed by atoms with Crippen molar-refractivity contribution in [3.8, 4) is 0 Å². The van der Waals surface area contributed by atoms with Gasteiger partial charge in [0.1, 0.15) is 6.61 Å². The molecule has 2 aromatic heterocycles. The van der Waals surface area contributed by atoms with Gasteiger partial charge in [-0.15, -0.1) is 0 Å². The monoisotopic (exact) mass is 342 g/mol. The standard InChI is InChI=1S/C16H18N6O3/c1-9-10(2)19-13-6-11(4-5-12(13)18-9)20-16(23)17-7-14-21-15(8-24-3)25-22-14/h4-6H,7-8H2,1-3H3,(H2,17,20,23). The summed E-state index contributed by atoms with van der Waals surface area (Å²) >= 11 is 0. The van der Waals surface area contributed by atoms with Gasteiger partial charge in [0.25, 0.3) is 5.89 Å². The number of benzene rings is 1. The number of nitrogens with zero attached hydrogens (tertiary/aromatic N) is 4. The van der Waals surface area contributed by atoms with E-state index in [9.17, 15) is 4.79 Å². The van der Waals surface area contributed by atoms with Crippen LogP contribution in [0.2, 0.25) is 0 Å². The lowest BCUT2D eigenvalue weighted by Crippen LogP contribution is -2.28. The van der Waals surface area contributed by atoms with E-state index in [1.807, 2.05) is 19.9 Å². The Morgan fingerprint density at radius 2 is 1.92 bits per heavy atom. The number of nitrogens with one attached hydrogen (secondary N) is 2. The number of hydrogen-bond acceptors (Lipinski definition) is 7. The van der Waals surface area contributed by atoms with Crippen LogP contribution < -0.4 is 10.6 Å². The summed E-state index contributed by atoms with van der Waals surface area (Å²) < 4.78 is 9.84. The van der Waals surface area contributed by atoms with E-state index in [1.54, 1.807) is 12.1 Å². The minimum absolute atomic E-state index is 0.144. The molecule has 0 aliphatic rings. The Hall–Kier alpha value is -3.07. The van der Waals surface area contributed by atoms with Gasteiger partial charge in [-0.05, 0) is 32.0 Å². The average molecular weight is 342 g/mol. The number of aryl methyl sites for hydroxylation is 2. The van der Waals surface area contributed by atoms with E-state index >= 15 is 0 Å². The highest BCUT2D eigenvalue weighted by Crippen LogP contribution is 2.17. The van der Waals surface area contributed by atoms with E-state index in [-0.39, 0.29) is 19.2 Å². The minimum atomic E-state index is -0.380. The van der Waals surface area contributed by atoms with Crippen LogP contribution in [-0.4, -0.2) is 33.2 Å². The van der Waals surface area contributed by atoms with Gasteiger partial charge in [0.15, 0.2) is 5.82 Å². The van der Waals surface area contributed by atoms with Crippen LogP contribution in [0.1, 0.15) is 23.1 Å². The lowest BCUT2D eigenvalue weighted by Gasteiger charge is -2.08. The number of rotatable bonds is 5. The number of ether oxygens (including phenoxy) is 1. The van der Waals surface area contributed by atoms with Crippen LogP contribution in [0.5, 0.6) is 0 Å². The first kappa shape index (κ1) is 16.8. The lowest BCUT2D eigenvalue weighted by atomic mass is 10.2. The summed E-state index contributed by atoms with van der Waals surface area (Å²) in [5, 5.41) is 9.15. The van der Waals surface area contributed by atoms with Gasteiger partial charge in [0.2, 0.25) is 0 Å². The molecule has 9 heteroatoms. The highest BCUT2D eigenvalue weighted by Gasteiger charge is 2.09.